The molecule has 6 heteroatoms. The van der Waals surface area contributed by atoms with Crippen LogP contribution >= 0.6 is 0 Å². The molecule has 0 spiro atoms. The maximum Gasteiger partial charge on any atom is 0.279 e. The van der Waals surface area contributed by atoms with E-state index >= 15 is 0 Å². The van der Waals surface area contributed by atoms with Crippen LogP contribution < -0.4 is 4.72 Å². The molecule has 0 aliphatic carbocycles. The third-order valence-corrected chi connectivity index (χ3v) is 4.02. The van der Waals surface area contributed by atoms with E-state index in [0.717, 1.165) is 12.8 Å². The fourth-order valence-electron chi connectivity index (χ4n) is 1.04. The maximum atomic E-state index is 11.7. The van der Waals surface area contributed by atoms with Gasteiger partial charge in [0, 0.05) is 20.1 Å². The van der Waals surface area contributed by atoms with E-state index in [1.54, 1.807) is 7.05 Å². The first-order valence-corrected chi connectivity index (χ1v) is 7.14. The van der Waals surface area contributed by atoms with E-state index in [2.05, 4.69) is 4.72 Å². The molecule has 0 radical (unpaired) electrons. The molecule has 1 unspecified atom stereocenters. The molecule has 0 aromatic rings. The van der Waals surface area contributed by atoms with Crippen molar-refractivity contribution >= 4 is 10.2 Å². The van der Waals surface area contributed by atoms with Gasteiger partial charge in [-0.3, -0.25) is 0 Å². The lowest BCUT2D eigenvalue weighted by Gasteiger charge is -2.20. The standard InChI is InChI=1S/C10H24N2O3S/c1-5-6-7-12(4)16(14,15)11-8-10(13)9(2)3/h9-11,13H,5-8H2,1-4H3. The van der Waals surface area contributed by atoms with E-state index in [-0.39, 0.29) is 12.5 Å². The zero-order valence-electron chi connectivity index (χ0n) is 10.6. The number of hydrogen-bond acceptors (Lipinski definition) is 3. The third kappa shape index (κ3) is 5.79. The Balaban J connectivity index is 4.14. The van der Waals surface area contributed by atoms with Gasteiger partial charge in [0.2, 0.25) is 0 Å². The Hall–Kier alpha value is -0.170. The molecule has 2 N–H and O–H groups in total. The molecule has 16 heavy (non-hydrogen) atoms. The molecule has 0 saturated carbocycles. The lowest BCUT2D eigenvalue weighted by molar-refractivity contribution is 0.129. The zero-order chi connectivity index (χ0) is 12.8. The Morgan fingerprint density at radius 1 is 1.38 bits per heavy atom. The average Bonchev–Trinajstić information content (AvgIpc) is 2.22. The molecule has 0 fully saturated rings. The van der Waals surface area contributed by atoms with Gasteiger partial charge in [0.25, 0.3) is 10.2 Å². The van der Waals surface area contributed by atoms with Gasteiger partial charge in [-0.1, -0.05) is 27.2 Å². The molecule has 0 aliphatic heterocycles. The smallest absolute Gasteiger partial charge is 0.279 e. The van der Waals surface area contributed by atoms with E-state index in [4.69, 9.17) is 0 Å². The molecule has 1 atom stereocenters. The van der Waals surface area contributed by atoms with E-state index < -0.39 is 16.3 Å². The van der Waals surface area contributed by atoms with Gasteiger partial charge in [0.1, 0.15) is 0 Å². The van der Waals surface area contributed by atoms with Gasteiger partial charge in [-0.2, -0.15) is 17.4 Å². The van der Waals surface area contributed by atoms with Crippen molar-refractivity contribution in [3.05, 3.63) is 0 Å². The number of unbranched alkanes of at least 4 members (excludes halogenated alkanes) is 1. The molecule has 0 bridgehead atoms. The predicted octanol–water partition coefficient (Wildman–Crippen LogP) is 0.570. The average molecular weight is 252 g/mol. The van der Waals surface area contributed by atoms with Gasteiger partial charge in [-0.15, -0.1) is 0 Å². The number of nitrogens with zero attached hydrogens (tertiary/aromatic N) is 1. The highest BCUT2D eigenvalue weighted by Gasteiger charge is 2.19. The minimum atomic E-state index is -3.44. The second kappa shape index (κ2) is 7.21. The molecule has 0 heterocycles. The first-order chi connectivity index (χ1) is 7.31. The number of aliphatic hydroxyl groups excluding tert-OH is 1. The van der Waals surface area contributed by atoms with Crippen LogP contribution in [0.15, 0.2) is 0 Å². The van der Waals surface area contributed by atoms with Crippen molar-refractivity contribution in [3.8, 4) is 0 Å². The van der Waals surface area contributed by atoms with Crippen LogP contribution in [0.4, 0.5) is 0 Å². The lowest BCUT2D eigenvalue weighted by Crippen LogP contribution is -2.42. The van der Waals surface area contributed by atoms with Crippen LogP contribution in [0.1, 0.15) is 33.6 Å². The quantitative estimate of drug-likeness (QED) is 0.663. The van der Waals surface area contributed by atoms with Crippen LogP contribution in [0.3, 0.4) is 0 Å². The SMILES string of the molecule is CCCCN(C)S(=O)(=O)NCC(O)C(C)C. The maximum absolute atomic E-state index is 11.7. The van der Waals surface area contributed by atoms with Crippen LogP contribution in [0.5, 0.6) is 0 Å². The van der Waals surface area contributed by atoms with Crippen molar-refractivity contribution in [2.24, 2.45) is 5.92 Å². The Labute approximate surface area is 99.0 Å². The van der Waals surface area contributed by atoms with Gasteiger partial charge >= 0.3 is 0 Å². The number of nitrogens with one attached hydrogen (secondary N) is 1. The largest absolute Gasteiger partial charge is 0.391 e. The topological polar surface area (TPSA) is 69.6 Å². The van der Waals surface area contributed by atoms with Crippen molar-refractivity contribution < 1.29 is 13.5 Å². The van der Waals surface area contributed by atoms with Crippen molar-refractivity contribution in [3.63, 3.8) is 0 Å². The Kier molecular flexibility index (Phi) is 7.14. The van der Waals surface area contributed by atoms with Crippen molar-refractivity contribution in [1.82, 2.24) is 9.03 Å². The predicted molar refractivity (Wildman–Crippen MR) is 65.3 cm³/mol. The Morgan fingerprint density at radius 2 is 1.94 bits per heavy atom. The second-order valence-electron chi connectivity index (χ2n) is 4.34. The number of hydrogen-bond donors (Lipinski definition) is 2. The first kappa shape index (κ1) is 15.8. The number of aliphatic hydroxyl groups is 1. The molecule has 0 aromatic heterocycles. The summed E-state index contributed by atoms with van der Waals surface area (Å²) in [6.07, 6.45) is 1.15. The first-order valence-electron chi connectivity index (χ1n) is 5.70. The lowest BCUT2D eigenvalue weighted by atomic mass is 10.1. The van der Waals surface area contributed by atoms with E-state index in [9.17, 15) is 13.5 Å². The van der Waals surface area contributed by atoms with Crippen LogP contribution in [0.25, 0.3) is 0 Å². The number of rotatable bonds is 8. The zero-order valence-corrected chi connectivity index (χ0v) is 11.4. The highest BCUT2D eigenvalue weighted by atomic mass is 32.2. The Morgan fingerprint density at radius 3 is 2.38 bits per heavy atom. The van der Waals surface area contributed by atoms with Crippen molar-refractivity contribution in [2.75, 3.05) is 20.1 Å². The Bertz CT molecular complexity index is 278. The van der Waals surface area contributed by atoms with Crippen molar-refractivity contribution in [2.45, 2.75) is 39.7 Å². The molecular weight excluding hydrogens is 228 g/mol. The summed E-state index contributed by atoms with van der Waals surface area (Å²) in [6.45, 7) is 6.27. The summed E-state index contributed by atoms with van der Waals surface area (Å²) < 4.78 is 27.0. The third-order valence-electron chi connectivity index (χ3n) is 2.48. The van der Waals surface area contributed by atoms with E-state index in [1.165, 1.54) is 4.31 Å². The normalized spacial score (nSPS) is 14.7. The monoisotopic (exact) mass is 252 g/mol. The van der Waals surface area contributed by atoms with Crippen LogP contribution in [-0.4, -0.2) is 44.1 Å². The molecule has 0 rings (SSSR count). The van der Waals surface area contributed by atoms with Gasteiger partial charge in [0.05, 0.1) is 6.10 Å². The summed E-state index contributed by atoms with van der Waals surface area (Å²) >= 11 is 0. The van der Waals surface area contributed by atoms with Gasteiger partial charge in [-0.05, 0) is 12.3 Å². The van der Waals surface area contributed by atoms with E-state index in [1.807, 2.05) is 20.8 Å². The van der Waals surface area contributed by atoms with Gasteiger partial charge in [-0.25, -0.2) is 0 Å². The summed E-state index contributed by atoms with van der Waals surface area (Å²) in [5, 5.41) is 9.50. The summed E-state index contributed by atoms with van der Waals surface area (Å²) in [5.74, 6) is 0.0450. The fraction of sp³-hybridized carbons (Fsp3) is 1.00. The van der Waals surface area contributed by atoms with Gasteiger partial charge < -0.3 is 5.11 Å². The minimum absolute atomic E-state index is 0.0450. The summed E-state index contributed by atoms with van der Waals surface area (Å²) in [4.78, 5) is 0. The highest BCUT2D eigenvalue weighted by molar-refractivity contribution is 7.87. The van der Waals surface area contributed by atoms with Crippen LogP contribution in [0, 0.1) is 5.92 Å². The minimum Gasteiger partial charge on any atom is -0.391 e. The van der Waals surface area contributed by atoms with Gasteiger partial charge in [0.15, 0.2) is 0 Å². The molecule has 98 valence electrons. The van der Waals surface area contributed by atoms with Crippen molar-refractivity contribution in [1.29, 1.82) is 0 Å². The van der Waals surface area contributed by atoms with Crippen LogP contribution in [-0.2, 0) is 10.2 Å². The molecular formula is C10H24N2O3S. The molecule has 0 aromatic carbocycles. The molecule has 5 nitrogen and oxygen atoms in total. The van der Waals surface area contributed by atoms with E-state index in [0.29, 0.717) is 6.54 Å². The summed E-state index contributed by atoms with van der Waals surface area (Å²) in [7, 11) is -1.90. The molecule has 0 amide bonds. The van der Waals surface area contributed by atoms with Crippen LogP contribution in [0.2, 0.25) is 0 Å². The summed E-state index contributed by atoms with van der Waals surface area (Å²) in [6, 6.07) is 0. The second-order valence-corrected chi connectivity index (χ2v) is 6.20. The molecule has 0 aliphatic rings. The fourth-order valence-corrected chi connectivity index (χ4v) is 2.01. The molecule has 0 saturated heterocycles. The highest BCUT2D eigenvalue weighted by Crippen LogP contribution is 2.02. The summed E-state index contributed by atoms with van der Waals surface area (Å²) in [5.41, 5.74) is 0.